The zero-order chi connectivity index (χ0) is 10.5. The predicted octanol–water partition coefficient (Wildman–Crippen LogP) is -0.767. The number of nitrogens with zero attached hydrogens (tertiary/aromatic N) is 1. The van der Waals surface area contributed by atoms with Crippen LogP contribution in [0.3, 0.4) is 0 Å². The molecule has 0 aliphatic heterocycles. The van der Waals surface area contributed by atoms with Crippen molar-refractivity contribution in [1.29, 1.82) is 0 Å². The lowest BCUT2D eigenvalue weighted by molar-refractivity contribution is -0.118. The Hall–Kier alpha value is -0.330. The van der Waals surface area contributed by atoms with Gasteiger partial charge in [0.05, 0.1) is 5.75 Å². The Bertz CT molecular complexity index is 263. The van der Waals surface area contributed by atoms with Crippen molar-refractivity contribution >= 4 is 27.5 Å². The lowest BCUT2D eigenvalue weighted by Crippen LogP contribution is -2.34. The number of carbonyl (C=O) groups is 1. The maximum atomic E-state index is 11.1. The van der Waals surface area contributed by atoms with Gasteiger partial charge in [0.2, 0.25) is 15.9 Å². The van der Waals surface area contributed by atoms with Gasteiger partial charge in [0.1, 0.15) is 5.88 Å². The van der Waals surface area contributed by atoms with E-state index in [0.29, 0.717) is 0 Å². The monoisotopic (exact) mass is 228 g/mol. The maximum Gasteiger partial charge on any atom is 0.234 e. The van der Waals surface area contributed by atoms with Gasteiger partial charge in [0, 0.05) is 20.6 Å². The van der Waals surface area contributed by atoms with Gasteiger partial charge in [0.25, 0.3) is 0 Å². The average molecular weight is 229 g/mol. The van der Waals surface area contributed by atoms with E-state index >= 15 is 0 Å². The summed E-state index contributed by atoms with van der Waals surface area (Å²) >= 11 is 5.19. The molecule has 0 aliphatic rings. The van der Waals surface area contributed by atoms with Crippen LogP contribution in [0.2, 0.25) is 0 Å². The van der Waals surface area contributed by atoms with Crippen LogP contribution in [0.5, 0.6) is 0 Å². The fraction of sp³-hybridized carbons (Fsp3) is 0.833. The number of hydrogen-bond donors (Lipinski definition) is 1. The number of alkyl halides is 1. The summed E-state index contributed by atoms with van der Waals surface area (Å²) in [6.07, 6.45) is 0. The molecule has 0 aromatic heterocycles. The van der Waals surface area contributed by atoms with Crippen molar-refractivity contribution in [2.75, 3.05) is 32.3 Å². The van der Waals surface area contributed by atoms with Gasteiger partial charge in [0.15, 0.2) is 0 Å². The summed E-state index contributed by atoms with van der Waals surface area (Å²) in [7, 11) is -0.340. The van der Waals surface area contributed by atoms with Gasteiger partial charge < -0.3 is 5.32 Å². The summed E-state index contributed by atoms with van der Waals surface area (Å²) in [5, 5.41) is 2.37. The van der Waals surface area contributed by atoms with Gasteiger partial charge in [-0.25, -0.2) is 12.7 Å². The topological polar surface area (TPSA) is 66.5 Å². The van der Waals surface area contributed by atoms with Crippen LogP contribution in [0.1, 0.15) is 0 Å². The molecule has 0 atom stereocenters. The van der Waals surface area contributed by atoms with E-state index in [2.05, 4.69) is 5.32 Å². The summed E-state index contributed by atoms with van der Waals surface area (Å²) in [5.41, 5.74) is 0. The standard InChI is InChI=1S/C6H13ClN2O3S/c1-9(2)13(11,12)4-3-8-6(10)5-7/h3-5H2,1-2H3,(H,8,10). The molecule has 0 aliphatic carbocycles. The zero-order valence-electron chi connectivity index (χ0n) is 7.58. The average Bonchev–Trinajstić information content (AvgIpc) is 2.03. The molecule has 0 aromatic carbocycles. The van der Waals surface area contributed by atoms with E-state index < -0.39 is 10.0 Å². The lowest BCUT2D eigenvalue weighted by Gasteiger charge is -2.10. The van der Waals surface area contributed by atoms with Crippen LogP contribution >= 0.6 is 11.6 Å². The zero-order valence-corrected chi connectivity index (χ0v) is 9.15. The van der Waals surface area contributed by atoms with Crippen LogP contribution in [0.15, 0.2) is 0 Å². The first-order valence-electron chi connectivity index (χ1n) is 3.63. The minimum atomic E-state index is -3.23. The highest BCUT2D eigenvalue weighted by Gasteiger charge is 2.12. The maximum absolute atomic E-state index is 11.1. The molecule has 13 heavy (non-hydrogen) atoms. The van der Waals surface area contributed by atoms with Crippen molar-refractivity contribution in [3.63, 3.8) is 0 Å². The van der Waals surface area contributed by atoms with Crippen molar-refractivity contribution in [3.8, 4) is 0 Å². The number of hydrogen-bond acceptors (Lipinski definition) is 3. The molecule has 78 valence electrons. The highest BCUT2D eigenvalue weighted by Crippen LogP contribution is 1.91. The predicted molar refractivity (Wildman–Crippen MR) is 51.2 cm³/mol. The van der Waals surface area contributed by atoms with Crippen molar-refractivity contribution in [2.45, 2.75) is 0 Å². The van der Waals surface area contributed by atoms with E-state index in [4.69, 9.17) is 11.6 Å². The molecular formula is C6H13ClN2O3S. The molecule has 0 fully saturated rings. The highest BCUT2D eigenvalue weighted by atomic mass is 35.5. The summed E-state index contributed by atoms with van der Waals surface area (Å²) < 4.78 is 23.4. The van der Waals surface area contributed by atoms with Gasteiger partial charge in [-0.05, 0) is 0 Å². The molecule has 0 unspecified atom stereocenters. The second-order valence-electron chi connectivity index (χ2n) is 2.58. The molecule has 0 bridgehead atoms. The van der Waals surface area contributed by atoms with Crippen LogP contribution in [-0.4, -0.2) is 50.9 Å². The summed E-state index contributed by atoms with van der Waals surface area (Å²) in [5.74, 6) is -0.624. The van der Waals surface area contributed by atoms with Gasteiger partial charge in [-0.2, -0.15) is 0 Å². The second kappa shape index (κ2) is 5.41. The van der Waals surface area contributed by atoms with E-state index in [-0.39, 0.29) is 24.1 Å². The third-order valence-corrected chi connectivity index (χ3v) is 3.44. The lowest BCUT2D eigenvalue weighted by atomic mass is 10.6. The van der Waals surface area contributed by atoms with E-state index in [1.54, 1.807) is 0 Å². The minimum absolute atomic E-state index is 0.0894. The Labute approximate surface area is 83.1 Å². The number of amides is 1. The molecule has 5 nitrogen and oxygen atoms in total. The molecule has 1 amide bonds. The van der Waals surface area contributed by atoms with E-state index in [1.807, 2.05) is 0 Å². The molecule has 0 rings (SSSR count). The van der Waals surface area contributed by atoms with Crippen LogP contribution in [0.25, 0.3) is 0 Å². The Morgan fingerprint density at radius 2 is 2.00 bits per heavy atom. The molecule has 0 heterocycles. The summed E-state index contributed by atoms with van der Waals surface area (Å²) in [6.45, 7) is 0.0894. The largest absolute Gasteiger partial charge is 0.354 e. The van der Waals surface area contributed by atoms with Crippen molar-refractivity contribution in [2.24, 2.45) is 0 Å². The number of sulfonamides is 1. The van der Waals surface area contributed by atoms with Gasteiger partial charge in [-0.3, -0.25) is 4.79 Å². The normalized spacial score (nSPS) is 11.7. The first-order chi connectivity index (χ1) is 5.90. The van der Waals surface area contributed by atoms with Gasteiger partial charge in [-0.1, -0.05) is 0 Å². The molecule has 0 saturated heterocycles. The first kappa shape index (κ1) is 12.7. The Morgan fingerprint density at radius 3 is 2.38 bits per heavy atom. The van der Waals surface area contributed by atoms with E-state index in [0.717, 1.165) is 4.31 Å². The van der Waals surface area contributed by atoms with E-state index in [1.165, 1.54) is 14.1 Å². The first-order valence-corrected chi connectivity index (χ1v) is 5.77. The molecule has 1 N–H and O–H groups in total. The quantitative estimate of drug-likeness (QED) is 0.629. The van der Waals surface area contributed by atoms with Crippen LogP contribution in [0.4, 0.5) is 0 Å². The molecule has 7 heteroatoms. The van der Waals surface area contributed by atoms with E-state index in [9.17, 15) is 13.2 Å². The SMILES string of the molecule is CN(C)S(=O)(=O)CCNC(=O)CCl. The molecule has 0 radical (unpaired) electrons. The number of halogens is 1. The van der Waals surface area contributed by atoms with Crippen LogP contribution in [-0.2, 0) is 14.8 Å². The Kier molecular flexibility index (Phi) is 5.27. The second-order valence-corrected chi connectivity index (χ2v) is 5.15. The fourth-order valence-corrected chi connectivity index (χ4v) is 1.37. The van der Waals surface area contributed by atoms with Crippen LogP contribution in [0, 0.1) is 0 Å². The van der Waals surface area contributed by atoms with Crippen molar-refractivity contribution in [1.82, 2.24) is 9.62 Å². The van der Waals surface area contributed by atoms with Gasteiger partial charge >= 0.3 is 0 Å². The summed E-state index contributed by atoms with van der Waals surface area (Å²) in [4.78, 5) is 10.6. The van der Waals surface area contributed by atoms with Crippen molar-refractivity contribution in [3.05, 3.63) is 0 Å². The summed E-state index contributed by atoms with van der Waals surface area (Å²) in [6, 6.07) is 0. The molecule has 0 aromatic rings. The third kappa shape index (κ3) is 5.07. The number of nitrogens with one attached hydrogen (secondary N) is 1. The Balaban J connectivity index is 3.84. The fourth-order valence-electron chi connectivity index (χ4n) is 0.549. The minimum Gasteiger partial charge on any atom is -0.354 e. The highest BCUT2D eigenvalue weighted by molar-refractivity contribution is 7.89. The smallest absolute Gasteiger partial charge is 0.234 e. The Morgan fingerprint density at radius 1 is 1.46 bits per heavy atom. The molecular weight excluding hydrogens is 216 g/mol. The van der Waals surface area contributed by atoms with Crippen molar-refractivity contribution < 1.29 is 13.2 Å². The third-order valence-electron chi connectivity index (χ3n) is 1.36. The number of carbonyl (C=O) groups excluding carboxylic acids is 1. The van der Waals surface area contributed by atoms with Gasteiger partial charge in [-0.15, -0.1) is 11.6 Å². The van der Waals surface area contributed by atoms with Crippen LogP contribution < -0.4 is 5.32 Å². The number of rotatable bonds is 5. The molecule has 0 spiro atoms. The molecule has 0 saturated carbocycles.